The summed E-state index contributed by atoms with van der Waals surface area (Å²) in [5.41, 5.74) is 2.15. The van der Waals surface area contributed by atoms with E-state index in [1.165, 1.54) is 6.07 Å². The van der Waals surface area contributed by atoms with Gasteiger partial charge >= 0.3 is 0 Å². The molecule has 34 heavy (non-hydrogen) atoms. The van der Waals surface area contributed by atoms with Crippen LogP contribution >= 0.6 is 0 Å². The van der Waals surface area contributed by atoms with Crippen molar-refractivity contribution in [3.63, 3.8) is 0 Å². The predicted octanol–water partition coefficient (Wildman–Crippen LogP) is 4.99. The van der Waals surface area contributed by atoms with Gasteiger partial charge in [0.15, 0.2) is 11.6 Å². The Labute approximate surface area is 198 Å². The monoisotopic (exact) mass is 460 g/mol. The standard InChI is InChI=1S/C28H29FN2O3/c1-20-23(16-18-32)28(33)31(17-15-21-9-4-2-5-10-21)27(30-20)24-13-8-14-25(29)26(24)34-19-22-11-6-3-7-12-22/h2-9,11-14,21,32H,10,15-19H2,1H3. The van der Waals surface area contributed by atoms with Crippen molar-refractivity contribution in [2.45, 2.75) is 39.3 Å². The minimum absolute atomic E-state index is 0.0711. The predicted molar refractivity (Wildman–Crippen MR) is 131 cm³/mol. The number of nitrogens with zero attached hydrogens (tertiary/aromatic N) is 2. The van der Waals surface area contributed by atoms with Gasteiger partial charge in [0.1, 0.15) is 12.4 Å². The summed E-state index contributed by atoms with van der Waals surface area (Å²) in [4.78, 5) is 18.2. The Bertz CT molecular complexity index is 1250. The number of hydrogen-bond donors (Lipinski definition) is 1. The van der Waals surface area contributed by atoms with Crippen molar-refractivity contribution >= 4 is 0 Å². The van der Waals surface area contributed by atoms with E-state index in [4.69, 9.17) is 9.72 Å². The fourth-order valence-electron chi connectivity index (χ4n) is 4.22. The molecule has 1 heterocycles. The molecule has 0 bridgehead atoms. The van der Waals surface area contributed by atoms with Crippen LogP contribution in [-0.4, -0.2) is 21.3 Å². The van der Waals surface area contributed by atoms with Crippen molar-refractivity contribution in [1.29, 1.82) is 0 Å². The number of hydrogen-bond acceptors (Lipinski definition) is 4. The molecular weight excluding hydrogens is 431 g/mol. The Morgan fingerprint density at radius 3 is 2.71 bits per heavy atom. The number of aromatic nitrogens is 2. The largest absolute Gasteiger partial charge is 0.485 e. The van der Waals surface area contributed by atoms with Crippen molar-refractivity contribution in [3.8, 4) is 17.1 Å². The van der Waals surface area contributed by atoms with Gasteiger partial charge in [0.05, 0.1) is 5.56 Å². The summed E-state index contributed by atoms with van der Waals surface area (Å²) in [7, 11) is 0. The Hall–Kier alpha value is -3.51. The first-order valence-corrected chi connectivity index (χ1v) is 11.6. The minimum Gasteiger partial charge on any atom is -0.485 e. The SMILES string of the molecule is Cc1nc(-c2cccc(F)c2OCc2ccccc2)n(CCC2C=CC=CC2)c(=O)c1CCO. The van der Waals surface area contributed by atoms with E-state index in [0.29, 0.717) is 35.1 Å². The first-order valence-electron chi connectivity index (χ1n) is 11.6. The summed E-state index contributed by atoms with van der Waals surface area (Å²) in [5, 5.41) is 9.48. The highest BCUT2D eigenvalue weighted by Crippen LogP contribution is 2.32. The molecule has 1 aromatic heterocycles. The molecule has 1 N–H and O–H groups in total. The van der Waals surface area contributed by atoms with Gasteiger partial charge < -0.3 is 9.84 Å². The fraction of sp³-hybridized carbons (Fsp3) is 0.286. The highest BCUT2D eigenvalue weighted by atomic mass is 19.1. The zero-order chi connectivity index (χ0) is 23.9. The number of halogens is 1. The van der Waals surface area contributed by atoms with Gasteiger partial charge in [0.2, 0.25) is 0 Å². The van der Waals surface area contributed by atoms with Crippen LogP contribution < -0.4 is 10.3 Å². The van der Waals surface area contributed by atoms with Crippen LogP contribution in [0.25, 0.3) is 11.4 Å². The first kappa shape index (κ1) is 23.6. The third kappa shape index (κ3) is 5.34. The number of rotatable bonds is 9. The summed E-state index contributed by atoms with van der Waals surface area (Å²) in [5.74, 6) is 0.254. The van der Waals surface area contributed by atoms with Crippen LogP contribution in [0.5, 0.6) is 5.75 Å². The quantitative estimate of drug-likeness (QED) is 0.488. The molecule has 1 atom stereocenters. The molecule has 4 rings (SSSR count). The van der Waals surface area contributed by atoms with Gasteiger partial charge in [0.25, 0.3) is 5.56 Å². The van der Waals surface area contributed by atoms with E-state index >= 15 is 0 Å². The number of benzene rings is 2. The van der Waals surface area contributed by atoms with E-state index < -0.39 is 5.82 Å². The smallest absolute Gasteiger partial charge is 0.257 e. The van der Waals surface area contributed by atoms with Gasteiger partial charge in [-0.05, 0) is 43.4 Å². The van der Waals surface area contributed by atoms with Gasteiger partial charge in [0, 0.05) is 30.8 Å². The van der Waals surface area contributed by atoms with Crippen LogP contribution in [0.15, 0.2) is 77.6 Å². The van der Waals surface area contributed by atoms with Gasteiger partial charge in [-0.3, -0.25) is 9.36 Å². The second-order valence-electron chi connectivity index (χ2n) is 8.42. The summed E-state index contributed by atoms with van der Waals surface area (Å²) in [6.07, 6.45) is 10.2. The Morgan fingerprint density at radius 1 is 1.15 bits per heavy atom. The molecule has 0 fully saturated rings. The topological polar surface area (TPSA) is 64.4 Å². The van der Waals surface area contributed by atoms with Crippen LogP contribution in [0.1, 0.15) is 29.7 Å². The molecule has 1 aliphatic carbocycles. The van der Waals surface area contributed by atoms with Crippen LogP contribution in [0.3, 0.4) is 0 Å². The van der Waals surface area contributed by atoms with Gasteiger partial charge in [-0.1, -0.05) is 60.7 Å². The lowest BCUT2D eigenvalue weighted by Crippen LogP contribution is -2.29. The first-order chi connectivity index (χ1) is 16.6. The lowest BCUT2D eigenvalue weighted by atomic mass is 9.97. The van der Waals surface area contributed by atoms with E-state index in [2.05, 4.69) is 12.2 Å². The molecule has 5 nitrogen and oxygen atoms in total. The Kier molecular flexibility index (Phi) is 7.70. The lowest BCUT2D eigenvalue weighted by Gasteiger charge is -2.20. The van der Waals surface area contributed by atoms with Crippen LogP contribution in [-0.2, 0) is 19.6 Å². The van der Waals surface area contributed by atoms with E-state index in [1.807, 2.05) is 42.5 Å². The van der Waals surface area contributed by atoms with E-state index in [9.17, 15) is 14.3 Å². The minimum atomic E-state index is -0.508. The molecule has 3 aromatic rings. The van der Waals surface area contributed by atoms with Crippen LogP contribution in [0, 0.1) is 18.7 Å². The fourth-order valence-corrected chi connectivity index (χ4v) is 4.22. The van der Waals surface area contributed by atoms with Gasteiger partial charge in [-0.15, -0.1) is 0 Å². The summed E-state index contributed by atoms with van der Waals surface area (Å²) >= 11 is 0. The average Bonchev–Trinajstić information content (AvgIpc) is 2.86. The molecule has 1 unspecified atom stereocenters. The molecule has 0 saturated carbocycles. The Balaban J connectivity index is 1.75. The zero-order valence-electron chi connectivity index (χ0n) is 19.3. The normalized spacial score (nSPS) is 15.0. The molecule has 6 heteroatoms. The number of para-hydroxylation sites is 1. The molecule has 0 radical (unpaired) electrons. The summed E-state index contributed by atoms with van der Waals surface area (Å²) < 4.78 is 22.5. The number of allylic oxidation sites excluding steroid dienone is 4. The van der Waals surface area contributed by atoms with Crippen molar-refractivity contribution in [3.05, 3.63) is 106 Å². The van der Waals surface area contributed by atoms with Gasteiger partial charge in [-0.25, -0.2) is 9.37 Å². The van der Waals surface area contributed by atoms with E-state index in [-0.39, 0.29) is 30.9 Å². The summed E-state index contributed by atoms with van der Waals surface area (Å²) in [6.45, 7) is 2.23. The van der Waals surface area contributed by atoms with Crippen LogP contribution in [0.2, 0.25) is 0 Å². The van der Waals surface area contributed by atoms with Gasteiger partial charge in [-0.2, -0.15) is 0 Å². The summed E-state index contributed by atoms with van der Waals surface area (Å²) in [6, 6.07) is 14.2. The van der Waals surface area contributed by atoms with Crippen molar-refractivity contribution < 1.29 is 14.2 Å². The Morgan fingerprint density at radius 2 is 1.97 bits per heavy atom. The molecular formula is C28H29FN2O3. The maximum absolute atomic E-state index is 15.0. The van der Waals surface area contributed by atoms with E-state index in [1.54, 1.807) is 23.6 Å². The number of aryl methyl sites for hydroxylation is 1. The number of aliphatic hydroxyl groups excluding tert-OH is 1. The second kappa shape index (κ2) is 11.1. The molecule has 0 saturated heterocycles. The number of ether oxygens (including phenoxy) is 1. The van der Waals surface area contributed by atoms with E-state index in [0.717, 1.165) is 18.4 Å². The maximum Gasteiger partial charge on any atom is 0.257 e. The second-order valence-corrected chi connectivity index (χ2v) is 8.42. The zero-order valence-corrected chi connectivity index (χ0v) is 19.3. The molecule has 2 aromatic carbocycles. The highest BCUT2D eigenvalue weighted by molar-refractivity contribution is 5.65. The number of aliphatic hydroxyl groups is 1. The molecule has 0 amide bonds. The van der Waals surface area contributed by atoms with Crippen molar-refractivity contribution in [2.24, 2.45) is 5.92 Å². The molecule has 1 aliphatic rings. The average molecular weight is 461 g/mol. The third-order valence-corrected chi connectivity index (χ3v) is 6.06. The lowest BCUT2D eigenvalue weighted by molar-refractivity contribution is 0.291. The molecule has 176 valence electrons. The molecule has 0 aliphatic heterocycles. The van der Waals surface area contributed by atoms with Crippen molar-refractivity contribution in [2.75, 3.05) is 6.61 Å². The third-order valence-electron chi connectivity index (χ3n) is 6.06. The van der Waals surface area contributed by atoms with Crippen molar-refractivity contribution in [1.82, 2.24) is 9.55 Å². The molecule has 0 spiro atoms. The van der Waals surface area contributed by atoms with Crippen LogP contribution in [0.4, 0.5) is 4.39 Å². The highest BCUT2D eigenvalue weighted by Gasteiger charge is 2.21. The maximum atomic E-state index is 15.0.